The first kappa shape index (κ1) is 25.1. The van der Waals surface area contributed by atoms with E-state index in [1.807, 2.05) is 25.1 Å². The Morgan fingerprint density at radius 2 is 1.67 bits per heavy atom. The maximum atomic E-state index is 12.9. The van der Waals surface area contributed by atoms with Gasteiger partial charge in [-0.2, -0.15) is 4.31 Å². The van der Waals surface area contributed by atoms with E-state index in [4.69, 9.17) is 4.74 Å². The molecule has 1 aromatic rings. The van der Waals surface area contributed by atoms with Gasteiger partial charge in [0, 0.05) is 26.2 Å². The average molecular weight is 437 g/mol. The minimum Gasteiger partial charge on any atom is -0.378 e. The molecule has 0 bridgehead atoms. The van der Waals surface area contributed by atoms with E-state index in [-0.39, 0.29) is 12.1 Å². The maximum absolute atomic E-state index is 12.9. The van der Waals surface area contributed by atoms with Gasteiger partial charge in [0.1, 0.15) is 0 Å². The lowest BCUT2D eigenvalue weighted by atomic mass is 9.93. The first-order chi connectivity index (χ1) is 14.3. The van der Waals surface area contributed by atoms with Gasteiger partial charge in [0.25, 0.3) is 0 Å². The van der Waals surface area contributed by atoms with Gasteiger partial charge in [-0.1, -0.05) is 36.6 Å². The van der Waals surface area contributed by atoms with Gasteiger partial charge in [-0.25, -0.2) is 8.42 Å². The summed E-state index contributed by atoms with van der Waals surface area (Å²) in [6.07, 6.45) is 10.6. The van der Waals surface area contributed by atoms with Crippen molar-refractivity contribution in [3.8, 4) is 0 Å². The van der Waals surface area contributed by atoms with Crippen LogP contribution in [0.15, 0.2) is 41.8 Å². The second-order valence-electron chi connectivity index (χ2n) is 8.60. The van der Waals surface area contributed by atoms with Crippen LogP contribution in [0.25, 0.3) is 0 Å². The molecule has 1 aromatic carbocycles. The fourth-order valence-electron chi connectivity index (χ4n) is 4.05. The lowest BCUT2D eigenvalue weighted by Gasteiger charge is -2.34. The first-order valence-corrected chi connectivity index (χ1v) is 12.7. The van der Waals surface area contributed by atoms with Crippen LogP contribution in [-0.4, -0.2) is 63.6 Å². The number of aryl methyl sites for hydroxylation is 1. The molecule has 1 aliphatic rings. The van der Waals surface area contributed by atoms with Gasteiger partial charge in [0.15, 0.2) is 0 Å². The average Bonchev–Trinajstić information content (AvgIpc) is 2.73. The molecule has 2 rings (SSSR count). The van der Waals surface area contributed by atoms with Gasteiger partial charge < -0.3 is 9.64 Å². The van der Waals surface area contributed by atoms with Gasteiger partial charge in [-0.3, -0.25) is 0 Å². The zero-order valence-corrected chi connectivity index (χ0v) is 19.9. The molecule has 0 aliphatic heterocycles. The van der Waals surface area contributed by atoms with E-state index in [0.29, 0.717) is 4.90 Å². The van der Waals surface area contributed by atoms with Crippen LogP contribution in [0.1, 0.15) is 56.9 Å². The third-order valence-electron chi connectivity index (χ3n) is 6.08. The number of hydrogen-bond donors (Lipinski definition) is 0. The molecule has 0 heterocycles. The Labute approximate surface area is 184 Å². The van der Waals surface area contributed by atoms with Gasteiger partial charge >= 0.3 is 0 Å². The number of sulfonamides is 1. The van der Waals surface area contributed by atoms with Gasteiger partial charge in [-0.15, -0.1) is 6.58 Å². The van der Waals surface area contributed by atoms with Gasteiger partial charge in [0.2, 0.25) is 10.0 Å². The van der Waals surface area contributed by atoms with Gasteiger partial charge in [-0.05, 0) is 71.2 Å². The molecule has 0 radical (unpaired) electrons. The normalized spacial score (nSPS) is 20.0. The Hall–Kier alpha value is -1.21. The summed E-state index contributed by atoms with van der Waals surface area (Å²) in [5.41, 5.74) is 1.06. The number of hydrogen-bond acceptors (Lipinski definition) is 4. The number of benzene rings is 1. The summed E-state index contributed by atoms with van der Waals surface area (Å²) in [4.78, 5) is 2.67. The highest BCUT2D eigenvalue weighted by Crippen LogP contribution is 2.28. The molecule has 0 aromatic heterocycles. The smallest absolute Gasteiger partial charge is 0.243 e. The molecular formula is C24H40N2O3S. The molecular weight excluding hydrogens is 396 g/mol. The molecule has 0 spiro atoms. The van der Waals surface area contributed by atoms with Crippen LogP contribution >= 0.6 is 0 Å². The lowest BCUT2D eigenvalue weighted by Crippen LogP contribution is -2.40. The van der Waals surface area contributed by atoms with Gasteiger partial charge in [0.05, 0.1) is 11.0 Å². The summed E-state index contributed by atoms with van der Waals surface area (Å²) in [6.45, 7) is 8.62. The van der Waals surface area contributed by atoms with Crippen LogP contribution in [0, 0.1) is 6.92 Å². The summed E-state index contributed by atoms with van der Waals surface area (Å²) in [5, 5.41) is 0. The first-order valence-electron chi connectivity index (χ1n) is 11.3. The van der Waals surface area contributed by atoms with Crippen molar-refractivity contribution < 1.29 is 13.2 Å². The van der Waals surface area contributed by atoms with Crippen molar-refractivity contribution in [1.29, 1.82) is 0 Å². The number of rotatable bonds is 13. The minimum absolute atomic E-state index is 0.0590. The summed E-state index contributed by atoms with van der Waals surface area (Å²) in [5.74, 6) is 0. The van der Waals surface area contributed by atoms with E-state index >= 15 is 0 Å². The Bertz CT molecular complexity index is 725. The Balaban J connectivity index is 1.64. The molecule has 0 amide bonds. The monoisotopic (exact) mass is 436 g/mol. The molecule has 0 unspecified atom stereocenters. The van der Waals surface area contributed by atoms with E-state index in [2.05, 4.69) is 18.5 Å². The van der Waals surface area contributed by atoms with Crippen molar-refractivity contribution in [2.45, 2.75) is 75.3 Å². The quantitative estimate of drug-likeness (QED) is 0.334. The third-order valence-corrected chi connectivity index (χ3v) is 8.01. The van der Waals surface area contributed by atoms with Crippen molar-refractivity contribution in [2.24, 2.45) is 0 Å². The number of unbranched alkanes of at least 4 members (excludes halogenated alkanes) is 3. The lowest BCUT2D eigenvalue weighted by molar-refractivity contribution is 0.0156. The third kappa shape index (κ3) is 7.80. The van der Waals surface area contributed by atoms with Crippen LogP contribution in [0.3, 0.4) is 0 Å². The molecule has 1 fully saturated rings. The number of nitrogens with zero attached hydrogens (tertiary/aromatic N) is 2. The van der Waals surface area contributed by atoms with Crippen molar-refractivity contribution in [2.75, 3.05) is 33.8 Å². The van der Waals surface area contributed by atoms with E-state index < -0.39 is 10.0 Å². The fourth-order valence-corrected chi connectivity index (χ4v) is 5.46. The van der Waals surface area contributed by atoms with Crippen LogP contribution < -0.4 is 0 Å². The van der Waals surface area contributed by atoms with Crippen molar-refractivity contribution in [3.63, 3.8) is 0 Å². The van der Waals surface area contributed by atoms with Crippen molar-refractivity contribution in [1.82, 2.24) is 9.21 Å². The van der Waals surface area contributed by atoms with Crippen molar-refractivity contribution >= 4 is 10.0 Å². The molecule has 170 valence electrons. The molecule has 30 heavy (non-hydrogen) atoms. The maximum Gasteiger partial charge on any atom is 0.243 e. The molecule has 0 N–H and O–H groups in total. The van der Waals surface area contributed by atoms with E-state index in [1.165, 1.54) is 19.3 Å². The van der Waals surface area contributed by atoms with Crippen LogP contribution in [-0.2, 0) is 14.8 Å². The minimum atomic E-state index is -3.43. The largest absolute Gasteiger partial charge is 0.378 e. The molecule has 1 aliphatic carbocycles. The highest BCUT2D eigenvalue weighted by atomic mass is 32.2. The molecule has 0 atom stereocenters. The van der Waals surface area contributed by atoms with E-state index in [1.54, 1.807) is 23.5 Å². The fraction of sp³-hybridized carbons (Fsp3) is 0.667. The van der Waals surface area contributed by atoms with Crippen molar-refractivity contribution in [3.05, 3.63) is 42.5 Å². The highest BCUT2D eigenvalue weighted by molar-refractivity contribution is 7.89. The second kappa shape index (κ2) is 12.6. The highest BCUT2D eigenvalue weighted by Gasteiger charge is 2.31. The molecule has 0 saturated heterocycles. The topological polar surface area (TPSA) is 49.9 Å². The SMILES string of the molecule is C=CCN(C)CCCCCCO[C@H]1CC[C@H](N(C)S(=O)(=O)c2ccc(C)cc2)CC1. The Morgan fingerprint density at radius 1 is 1.03 bits per heavy atom. The van der Waals surface area contributed by atoms with Crippen LogP contribution in [0.4, 0.5) is 0 Å². The molecule has 1 saturated carbocycles. The second-order valence-corrected chi connectivity index (χ2v) is 10.6. The number of likely N-dealkylation sites (N-methyl/N-ethyl adjacent to an activating group) is 1. The summed E-state index contributed by atoms with van der Waals surface area (Å²) < 4.78 is 33.4. The predicted octanol–water partition coefficient (Wildman–Crippen LogP) is 4.62. The van der Waals surface area contributed by atoms with E-state index in [0.717, 1.165) is 57.4 Å². The predicted molar refractivity (Wildman–Crippen MR) is 124 cm³/mol. The molecule has 6 heteroatoms. The van der Waals surface area contributed by atoms with Crippen LogP contribution in [0.2, 0.25) is 0 Å². The van der Waals surface area contributed by atoms with Crippen LogP contribution in [0.5, 0.6) is 0 Å². The standard InChI is InChI=1S/C24H40N2O3S/c1-5-18-25(3)19-8-6-7-9-20-29-23-14-12-22(13-15-23)26(4)30(27,28)24-16-10-21(2)11-17-24/h5,10-11,16-17,22-23H,1,6-9,12-15,18-20H2,2-4H3/t22-,23-. The Kier molecular flexibility index (Phi) is 10.5. The summed E-state index contributed by atoms with van der Waals surface area (Å²) in [6, 6.07) is 7.17. The number of ether oxygens (including phenoxy) is 1. The zero-order valence-electron chi connectivity index (χ0n) is 19.1. The zero-order chi connectivity index (χ0) is 22.0. The summed E-state index contributed by atoms with van der Waals surface area (Å²) in [7, 11) is 0.416. The summed E-state index contributed by atoms with van der Waals surface area (Å²) >= 11 is 0. The van der Waals surface area contributed by atoms with E-state index in [9.17, 15) is 8.42 Å². The Morgan fingerprint density at radius 3 is 2.30 bits per heavy atom. The molecule has 5 nitrogen and oxygen atoms in total.